The number of carbonyl (C=O) groups is 2. The van der Waals surface area contributed by atoms with Crippen LogP contribution in [0.2, 0.25) is 0 Å². The zero-order valence-corrected chi connectivity index (χ0v) is 23.7. The number of halogens is 1. The number of rotatable bonds is 8. The number of aliphatic hydroxyl groups is 1. The van der Waals surface area contributed by atoms with Gasteiger partial charge in [-0.2, -0.15) is 0 Å². The molecule has 0 unspecified atom stereocenters. The first-order chi connectivity index (χ1) is 20.0. The lowest BCUT2D eigenvalue weighted by molar-refractivity contribution is -0.126. The van der Waals surface area contributed by atoms with Crippen LogP contribution in [0.15, 0.2) is 113 Å². The number of hydrogen-bond acceptors (Lipinski definition) is 6. The van der Waals surface area contributed by atoms with E-state index in [1.165, 1.54) is 4.90 Å². The van der Waals surface area contributed by atoms with E-state index in [1.807, 2.05) is 72.8 Å². The second-order valence-electron chi connectivity index (χ2n) is 9.93. The molecule has 0 bridgehead atoms. The predicted octanol–water partition coefficient (Wildman–Crippen LogP) is 5.90. The van der Waals surface area contributed by atoms with E-state index in [-0.39, 0.29) is 13.0 Å². The Bertz CT molecular complexity index is 1620. The fraction of sp³-hybridized carbons (Fsp3) is 0.182. The summed E-state index contributed by atoms with van der Waals surface area (Å²) < 4.78 is 13.1. The predicted molar refractivity (Wildman–Crippen MR) is 159 cm³/mol. The molecule has 0 saturated heterocycles. The molecule has 8 heteroatoms. The van der Waals surface area contributed by atoms with Gasteiger partial charge in [0.25, 0.3) is 11.8 Å². The number of fused-ring (bicyclic) bond motifs is 3. The Labute approximate surface area is 246 Å². The first-order valence-electron chi connectivity index (χ1n) is 13.4. The molecule has 2 aliphatic heterocycles. The number of amides is 2. The van der Waals surface area contributed by atoms with Crippen molar-refractivity contribution in [3.05, 3.63) is 130 Å². The topological polar surface area (TPSA) is 88.4 Å². The van der Waals surface area contributed by atoms with Crippen LogP contribution in [0.3, 0.4) is 0 Å². The van der Waals surface area contributed by atoms with Gasteiger partial charge in [0, 0.05) is 40.6 Å². The number of ether oxygens (including phenoxy) is 2. The van der Waals surface area contributed by atoms with Crippen molar-refractivity contribution in [3.63, 3.8) is 0 Å². The summed E-state index contributed by atoms with van der Waals surface area (Å²) in [6.45, 7) is 0.462. The fourth-order valence-corrected chi connectivity index (χ4v) is 5.73. The standard InChI is InChI=1S/C33H27BrN2O5/c34-27-13-6-4-11-24(27)21-33-29(41-30(35-33)22-15-17-25(18-16-22)40-20-8-19-37)26-12-5-7-14-28(26)36(32(33)39)31(38)23-9-2-1-3-10-23/h1-7,9-18,29,37H,8,19-21H2/t29-,33-/m1/s1. The SMILES string of the molecule is O=C(c1ccccc1)N1C(=O)[C@]2(Cc3ccccc3Br)N=C(c3ccc(OCCCO)cc3)O[C@@H]2c2ccccc21. The van der Waals surface area contributed by atoms with Crippen LogP contribution in [0.25, 0.3) is 0 Å². The van der Waals surface area contributed by atoms with Gasteiger partial charge in [-0.15, -0.1) is 0 Å². The van der Waals surface area contributed by atoms with Gasteiger partial charge in [-0.1, -0.05) is 70.5 Å². The zero-order valence-electron chi connectivity index (χ0n) is 22.1. The van der Waals surface area contributed by atoms with Crippen molar-refractivity contribution < 1.29 is 24.2 Å². The maximum absolute atomic E-state index is 14.7. The highest BCUT2D eigenvalue weighted by Gasteiger charge is 2.60. The van der Waals surface area contributed by atoms with Gasteiger partial charge in [0.15, 0.2) is 11.6 Å². The first-order valence-corrected chi connectivity index (χ1v) is 14.2. The van der Waals surface area contributed by atoms with Gasteiger partial charge in [-0.25, -0.2) is 9.89 Å². The molecule has 0 saturated carbocycles. The normalized spacial score (nSPS) is 19.2. The number of aliphatic hydroxyl groups excluding tert-OH is 1. The van der Waals surface area contributed by atoms with E-state index in [2.05, 4.69) is 15.9 Å². The molecule has 4 aromatic rings. The van der Waals surface area contributed by atoms with Crippen molar-refractivity contribution in [2.75, 3.05) is 18.1 Å². The summed E-state index contributed by atoms with van der Waals surface area (Å²) in [6, 6.07) is 31.1. The highest BCUT2D eigenvalue weighted by atomic mass is 79.9. The van der Waals surface area contributed by atoms with Crippen molar-refractivity contribution in [1.82, 2.24) is 0 Å². The second-order valence-corrected chi connectivity index (χ2v) is 10.8. The minimum absolute atomic E-state index is 0.0586. The van der Waals surface area contributed by atoms with E-state index in [0.29, 0.717) is 47.1 Å². The largest absolute Gasteiger partial charge is 0.494 e. The highest BCUT2D eigenvalue weighted by Crippen LogP contribution is 2.50. The molecule has 2 atom stereocenters. The van der Waals surface area contributed by atoms with Crippen LogP contribution in [0.5, 0.6) is 5.75 Å². The lowest BCUT2D eigenvalue weighted by atomic mass is 9.78. The third-order valence-corrected chi connectivity index (χ3v) is 8.09. The molecular weight excluding hydrogens is 584 g/mol. The summed E-state index contributed by atoms with van der Waals surface area (Å²) >= 11 is 3.63. The number of benzene rings is 4. The van der Waals surface area contributed by atoms with Gasteiger partial charge in [-0.05, 0) is 54.1 Å². The molecule has 4 aromatic carbocycles. The number of aliphatic imine (C=N–C) groups is 1. The van der Waals surface area contributed by atoms with Crippen molar-refractivity contribution in [3.8, 4) is 5.75 Å². The van der Waals surface area contributed by atoms with Gasteiger partial charge in [0.2, 0.25) is 5.90 Å². The summed E-state index contributed by atoms with van der Waals surface area (Å²) in [7, 11) is 0. The minimum atomic E-state index is -1.42. The Kier molecular flexibility index (Phi) is 7.43. The molecular formula is C33H27BrN2O5. The average Bonchev–Trinajstić information content (AvgIpc) is 3.40. The van der Waals surface area contributed by atoms with Crippen LogP contribution in [0.4, 0.5) is 5.69 Å². The molecule has 0 radical (unpaired) electrons. The van der Waals surface area contributed by atoms with Crippen molar-refractivity contribution in [2.24, 2.45) is 4.99 Å². The van der Waals surface area contributed by atoms with Crippen molar-refractivity contribution >= 4 is 39.3 Å². The summed E-state index contributed by atoms with van der Waals surface area (Å²) in [5, 5.41) is 9.02. The smallest absolute Gasteiger partial charge is 0.266 e. The molecule has 0 aromatic heterocycles. The first kappa shape index (κ1) is 26.9. The molecule has 0 spiro atoms. The van der Waals surface area contributed by atoms with Gasteiger partial charge in [0.1, 0.15) is 5.75 Å². The van der Waals surface area contributed by atoms with Crippen LogP contribution < -0.4 is 9.64 Å². The van der Waals surface area contributed by atoms with Crippen LogP contribution >= 0.6 is 15.9 Å². The fourth-order valence-electron chi connectivity index (χ4n) is 5.30. The van der Waals surface area contributed by atoms with Crippen LogP contribution in [-0.2, 0) is 16.0 Å². The van der Waals surface area contributed by atoms with Gasteiger partial charge in [0.05, 0.1) is 12.3 Å². The summed E-state index contributed by atoms with van der Waals surface area (Å²) in [5.74, 6) is 0.120. The third kappa shape index (κ3) is 4.94. The quantitative estimate of drug-likeness (QED) is 0.198. The van der Waals surface area contributed by atoms with Crippen LogP contribution in [-0.4, -0.2) is 41.6 Å². The molecule has 0 aliphatic carbocycles. The lowest BCUT2D eigenvalue weighted by Gasteiger charge is -2.40. The van der Waals surface area contributed by atoms with E-state index in [1.54, 1.807) is 30.3 Å². The molecule has 2 amide bonds. The monoisotopic (exact) mass is 610 g/mol. The van der Waals surface area contributed by atoms with Crippen molar-refractivity contribution in [1.29, 1.82) is 0 Å². The molecule has 41 heavy (non-hydrogen) atoms. The maximum atomic E-state index is 14.7. The molecule has 2 heterocycles. The van der Waals surface area contributed by atoms with Crippen molar-refractivity contribution in [2.45, 2.75) is 24.5 Å². The molecule has 7 nitrogen and oxygen atoms in total. The molecule has 206 valence electrons. The molecule has 6 rings (SSSR count). The van der Waals surface area contributed by atoms with E-state index in [4.69, 9.17) is 19.6 Å². The van der Waals surface area contributed by atoms with E-state index in [9.17, 15) is 9.59 Å². The van der Waals surface area contributed by atoms with Crippen LogP contribution in [0, 0.1) is 0 Å². The summed E-state index contributed by atoms with van der Waals surface area (Å²) in [6.07, 6.45) is 0.0151. The molecule has 1 N–H and O–H groups in total. The maximum Gasteiger partial charge on any atom is 0.266 e. The number of anilines is 1. The number of carbonyl (C=O) groups excluding carboxylic acids is 2. The summed E-state index contributed by atoms with van der Waals surface area (Å²) in [5.41, 5.74) is 1.75. The average molecular weight is 611 g/mol. The number of imide groups is 1. The van der Waals surface area contributed by atoms with Crippen LogP contribution in [0.1, 0.15) is 39.6 Å². The molecule has 0 fully saturated rings. The lowest BCUT2D eigenvalue weighted by Crippen LogP contribution is -2.57. The van der Waals surface area contributed by atoms with E-state index >= 15 is 0 Å². The third-order valence-electron chi connectivity index (χ3n) is 7.31. The highest BCUT2D eigenvalue weighted by molar-refractivity contribution is 9.10. The number of nitrogens with zero attached hydrogens (tertiary/aromatic N) is 2. The zero-order chi connectivity index (χ0) is 28.4. The van der Waals surface area contributed by atoms with Gasteiger partial charge >= 0.3 is 0 Å². The Hall–Kier alpha value is -4.27. The number of hydrogen-bond donors (Lipinski definition) is 1. The Morgan fingerprint density at radius 1 is 0.951 bits per heavy atom. The van der Waals surface area contributed by atoms with E-state index < -0.39 is 23.5 Å². The Balaban J connectivity index is 1.47. The number of para-hydroxylation sites is 1. The Morgan fingerprint density at radius 2 is 1.66 bits per heavy atom. The second kappa shape index (κ2) is 11.3. The Morgan fingerprint density at radius 3 is 2.41 bits per heavy atom. The van der Waals surface area contributed by atoms with Gasteiger partial charge < -0.3 is 14.6 Å². The van der Waals surface area contributed by atoms with E-state index in [0.717, 1.165) is 10.0 Å². The van der Waals surface area contributed by atoms with Gasteiger partial charge in [-0.3, -0.25) is 9.59 Å². The summed E-state index contributed by atoms with van der Waals surface area (Å²) in [4.78, 5) is 34.8. The minimum Gasteiger partial charge on any atom is -0.494 e. The molecule has 2 aliphatic rings.